The number of benzene rings is 1. The molecule has 0 radical (unpaired) electrons. The second-order valence-electron chi connectivity index (χ2n) is 3.38. The van der Waals surface area contributed by atoms with Gasteiger partial charge in [-0.25, -0.2) is 0 Å². The summed E-state index contributed by atoms with van der Waals surface area (Å²) in [7, 11) is -5.13. The van der Waals surface area contributed by atoms with Crippen LogP contribution in [0.2, 0.25) is 0 Å². The fraction of sp³-hybridized carbons (Fsp3) is 0.143. The third-order valence-corrected chi connectivity index (χ3v) is 3.20. The number of rotatable bonds is 5. The standard InChI is InChI=1S/C7H5N3O9S/c11-8(12)7(9(13)14,10(15)16)5-3-1-2-4-6(5)20(17,18)19/h1-4H,(H,17,18,19). The molecule has 1 N–H and O–H groups in total. The normalized spacial score (nSPS) is 11.8. The van der Waals surface area contributed by atoms with Crippen molar-refractivity contribution in [2.24, 2.45) is 0 Å². The molecule has 0 heterocycles. The first-order chi connectivity index (χ1) is 9.06. The van der Waals surface area contributed by atoms with Crippen molar-refractivity contribution in [3.8, 4) is 0 Å². The van der Waals surface area contributed by atoms with Gasteiger partial charge in [0.1, 0.15) is 4.90 Å². The first-order valence-corrected chi connectivity index (χ1v) is 6.00. The summed E-state index contributed by atoms with van der Waals surface area (Å²) in [5.41, 5.74) is -1.37. The van der Waals surface area contributed by atoms with Gasteiger partial charge in [-0.15, -0.1) is 0 Å². The van der Waals surface area contributed by atoms with Gasteiger partial charge in [0.2, 0.25) is 5.56 Å². The van der Waals surface area contributed by atoms with Gasteiger partial charge < -0.3 is 0 Å². The monoisotopic (exact) mass is 307 g/mol. The van der Waals surface area contributed by atoms with Crippen LogP contribution >= 0.6 is 0 Å². The number of hydrogen-bond donors (Lipinski definition) is 1. The molecule has 0 spiro atoms. The molecule has 20 heavy (non-hydrogen) atoms. The van der Waals surface area contributed by atoms with E-state index in [1.165, 1.54) is 0 Å². The highest BCUT2D eigenvalue weighted by atomic mass is 32.2. The minimum absolute atomic E-state index is 0.511. The Morgan fingerprint density at radius 3 is 1.70 bits per heavy atom. The maximum Gasteiger partial charge on any atom is 0.729 e. The third-order valence-electron chi connectivity index (χ3n) is 2.29. The van der Waals surface area contributed by atoms with Crippen molar-refractivity contribution in [1.82, 2.24) is 0 Å². The summed E-state index contributed by atoms with van der Waals surface area (Å²) in [6.07, 6.45) is 0. The Morgan fingerprint density at radius 2 is 1.35 bits per heavy atom. The van der Waals surface area contributed by atoms with E-state index >= 15 is 0 Å². The summed E-state index contributed by atoms with van der Waals surface area (Å²) in [5.74, 6) is -4.13. The van der Waals surface area contributed by atoms with E-state index in [1.807, 2.05) is 0 Å². The molecule has 1 aromatic carbocycles. The molecule has 0 aromatic heterocycles. The van der Waals surface area contributed by atoms with E-state index in [0.29, 0.717) is 12.1 Å². The van der Waals surface area contributed by atoms with Crippen LogP contribution in [0.25, 0.3) is 0 Å². The van der Waals surface area contributed by atoms with Crippen LogP contribution < -0.4 is 0 Å². The van der Waals surface area contributed by atoms with Gasteiger partial charge in [-0.05, 0) is 12.1 Å². The zero-order valence-corrected chi connectivity index (χ0v) is 10.1. The molecular formula is C7H5N3O9S. The summed E-state index contributed by atoms with van der Waals surface area (Å²) in [5, 5.41) is 32.5. The SMILES string of the molecule is O=[N+]([O-])C(c1ccccc1S(=O)(=O)O)([N+](=O)[O-])[N+](=O)[O-]. The van der Waals surface area contributed by atoms with E-state index in [2.05, 4.69) is 0 Å². The molecule has 13 heteroatoms. The lowest BCUT2D eigenvalue weighted by Crippen LogP contribution is -2.50. The van der Waals surface area contributed by atoms with Gasteiger partial charge in [-0.3, -0.25) is 34.9 Å². The van der Waals surface area contributed by atoms with Crippen LogP contribution in [-0.4, -0.2) is 27.7 Å². The van der Waals surface area contributed by atoms with Crippen molar-refractivity contribution in [3.05, 3.63) is 60.2 Å². The second kappa shape index (κ2) is 4.78. The van der Waals surface area contributed by atoms with Crippen molar-refractivity contribution in [2.45, 2.75) is 10.7 Å². The Hall–Kier alpha value is -2.67. The summed E-state index contributed by atoms with van der Waals surface area (Å²) >= 11 is 0. The Kier molecular flexibility index (Phi) is 3.68. The first-order valence-electron chi connectivity index (χ1n) is 4.56. The van der Waals surface area contributed by atoms with Crippen LogP contribution in [0.15, 0.2) is 29.2 Å². The van der Waals surface area contributed by atoms with Crippen LogP contribution in [0, 0.1) is 30.3 Å². The summed E-state index contributed by atoms with van der Waals surface area (Å²) < 4.78 is 31.0. The summed E-state index contributed by atoms with van der Waals surface area (Å²) in [6.45, 7) is 0. The van der Waals surface area contributed by atoms with Gasteiger partial charge >= 0.3 is 5.79 Å². The zero-order chi connectivity index (χ0) is 15.7. The van der Waals surface area contributed by atoms with E-state index in [0.717, 1.165) is 12.1 Å². The van der Waals surface area contributed by atoms with Gasteiger partial charge in [-0.1, -0.05) is 12.1 Å². The maximum atomic E-state index is 11.1. The second-order valence-corrected chi connectivity index (χ2v) is 4.77. The van der Waals surface area contributed by atoms with Gasteiger partial charge in [-0.2, -0.15) is 8.42 Å². The highest BCUT2D eigenvalue weighted by Gasteiger charge is 2.74. The lowest BCUT2D eigenvalue weighted by atomic mass is 10.1. The van der Waals surface area contributed by atoms with Crippen LogP contribution in [0.4, 0.5) is 0 Å². The van der Waals surface area contributed by atoms with Gasteiger partial charge in [0.25, 0.3) is 10.1 Å². The fourth-order valence-electron chi connectivity index (χ4n) is 1.46. The lowest BCUT2D eigenvalue weighted by molar-refractivity contribution is -0.986. The van der Waals surface area contributed by atoms with Gasteiger partial charge in [0.15, 0.2) is 14.8 Å². The molecule has 0 saturated heterocycles. The van der Waals surface area contributed by atoms with E-state index in [-0.39, 0.29) is 0 Å². The predicted molar refractivity (Wildman–Crippen MR) is 58.9 cm³/mol. The Bertz CT molecular complexity index is 661. The molecule has 0 saturated carbocycles. The topological polar surface area (TPSA) is 184 Å². The van der Waals surface area contributed by atoms with E-state index < -0.39 is 41.1 Å². The van der Waals surface area contributed by atoms with Crippen molar-refractivity contribution in [2.75, 3.05) is 0 Å². The smallest absolute Gasteiger partial charge is 0.282 e. The Labute approximate surface area is 109 Å². The molecular weight excluding hydrogens is 302 g/mol. The minimum Gasteiger partial charge on any atom is -0.282 e. The molecule has 0 aliphatic heterocycles. The van der Waals surface area contributed by atoms with Gasteiger partial charge in [0, 0.05) is 0 Å². The molecule has 12 nitrogen and oxygen atoms in total. The molecule has 0 unspecified atom stereocenters. The zero-order valence-electron chi connectivity index (χ0n) is 9.27. The third kappa shape index (κ3) is 2.14. The van der Waals surface area contributed by atoms with Crippen LogP contribution in [0.1, 0.15) is 5.56 Å². The molecule has 1 aromatic rings. The summed E-state index contributed by atoms with van der Waals surface area (Å²) in [4.78, 5) is 25.7. The quantitative estimate of drug-likeness (QED) is 0.335. The molecule has 0 amide bonds. The predicted octanol–water partition coefficient (Wildman–Crippen LogP) is -0.126. The average Bonchev–Trinajstić information content (AvgIpc) is 2.27. The largest absolute Gasteiger partial charge is 0.729 e. The van der Waals surface area contributed by atoms with Crippen molar-refractivity contribution in [3.63, 3.8) is 0 Å². The van der Waals surface area contributed by atoms with E-state index in [9.17, 15) is 38.8 Å². The van der Waals surface area contributed by atoms with Gasteiger partial charge in [0.05, 0.1) is 0 Å². The molecule has 0 aliphatic carbocycles. The van der Waals surface area contributed by atoms with Crippen LogP contribution in [0.5, 0.6) is 0 Å². The molecule has 0 bridgehead atoms. The number of hydrogen-bond acceptors (Lipinski definition) is 8. The van der Waals surface area contributed by atoms with E-state index in [1.54, 1.807) is 0 Å². The highest BCUT2D eigenvalue weighted by Crippen LogP contribution is 2.31. The molecule has 0 atom stereocenters. The molecule has 0 aliphatic rings. The van der Waals surface area contributed by atoms with Crippen LogP contribution in [-0.2, 0) is 15.9 Å². The highest BCUT2D eigenvalue weighted by molar-refractivity contribution is 7.85. The van der Waals surface area contributed by atoms with Crippen molar-refractivity contribution in [1.29, 1.82) is 0 Å². The number of nitro groups is 3. The molecule has 1 rings (SSSR count). The molecule has 108 valence electrons. The Morgan fingerprint density at radius 1 is 0.950 bits per heavy atom. The fourth-order valence-corrected chi connectivity index (χ4v) is 2.20. The maximum absolute atomic E-state index is 11.1. The van der Waals surface area contributed by atoms with Crippen molar-refractivity contribution < 1.29 is 27.7 Å². The van der Waals surface area contributed by atoms with Crippen LogP contribution in [0.3, 0.4) is 0 Å². The minimum atomic E-state index is -5.13. The molecule has 0 fully saturated rings. The summed E-state index contributed by atoms with van der Waals surface area (Å²) in [6, 6.07) is 3.00. The Balaban J connectivity index is 3.91. The average molecular weight is 307 g/mol. The van der Waals surface area contributed by atoms with E-state index in [4.69, 9.17) is 4.55 Å². The van der Waals surface area contributed by atoms with Crippen molar-refractivity contribution >= 4 is 10.1 Å². The number of nitrogens with zero attached hydrogens (tertiary/aromatic N) is 3. The lowest BCUT2D eigenvalue weighted by Gasteiger charge is -2.11. The first kappa shape index (κ1) is 15.4.